The zero-order valence-corrected chi connectivity index (χ0v) is 18.3. The van der Waals surface area contributed by atoms with Crippen molar-refractivity contribution in [2.75, 3.05) is 12.3 Å². The third-order valence-electron chi connectivity index (χ3n) is 6.38. The number of fused-ring (bicyclic) bond motifs is 2. The lowest BCUT2D eigenvalue weighted by Crippen LogP contribution is -2.24. The molecule has 1 heterocycles. The van der Waals surface area contributed by atoms with Gasteiger partial charge < -0.3 is 15.0 Å². The summed E-state index contributed by atoms with van der Waals surface area (Å²) in [5, 5.41) is 0. The summed E-state index contributed by atoms with van der Waals surface area (Å²) in [6.45, 7) is 3.40. The van der Waals surface area contributed by atoms with E-state index in [1.807, 2.05) is 19.9 Å². The number of rotatable bonds is 5. The molecule has 0 spiro atoms. The number of aromatic nitrogens is 1. The van der Waals surface area contributed by atoms with Crippen LogP contribution in [0.3, 0.4) is 0 Å². The summed E-state index contributed by atoms with van der Waals surface area (Å²) in [5.74, 6) is -1.87. The van der Waals surface area contributed by atoms with E-state index in [2.05, 4.69) is 4.57 Å². The van der Waals surface area contributed by atoms with Crippen molar-refractivity contribution < 1.29 is 23.9 Å². The van der Waals surface area contributed by atoms with E-state index in [4.69, 9.17) is 10.5 Å². The molecule has 2 N–H and O–H groups in total. The normalized spacial score (nSPS) is 14.6. The van der Waals surface area contributed by atoms with Gasteiger partial charge in [-0.1, -0.05) is 24.3 Å². The van der Waals surface area contributed by atoms with Crippen LogP contribution in [0.1, 0.15) is 82.8 Å². The number of benzene rings is 2. The smallest absolute Gasteiger partial charge is 0.340 e. The first-order valence-corrected chi connectivity index (χ1v) is 10.8. The van der Waals surface area contributed by atoms with Crippen LogP contribution < -0.4 is 5.73 Å². The third kappa shape index (κ3) is 3.28. The Bertz CT molecular complexity index is 1380. The molecule has 1 fully saturated rings. The van der Waals surface area contributed by atoms with Crippen LogP contribution in [0.25, 0.3) is 0 Å². The quantitative estimate of drug-likeness (QED) is 0.286. The van der Waals surface area contributed by atoms with Crippen molar-refractivity contribution in [3.8, 4) is 0 Å². The summed E-state index contributed by atoms with van der Waals surface area (Å²) >= 11 is 0. The first-order chi connectivity index (χ1) is 15.8. The number of hydrogen-bond acceptors (Lipinski definition) is 6. The molecule has 5 rings (SSSR count). The second kappa shape index (κ2) is 7.55. The molecule has 2 aliphatic rings. The molecule has 33 heavy (non-hydrogen) atoms. The minimum absolute atomic E-state index is 0.00699. The van der Waals surface area contributed by atoms with Crippen LogP contribution in [0, 0.1) is 13.8 Å². The van der Waals surface area contributed by atoms with E-state index in [0.717, 1.165) is 24.2 Å². The second-order valence-electron chi connectivity index (χ2n) is 8.54. The summed E-state index contributed by atoms with van der Waals surface area (Å²) < 4.78 is 7.40. The average Bonchev–Trinajstić information content (AvgIpc) is 3.59. The predicted molar refractivity (Wildman–Crippen MR) is 121 cm³/mol. The van der Waals surface area contributed by atoms with Crippen LogP contribution in [0.15, 0.2) is 42.5 Å². The molecule has 1 aromatic heterocycles. The molecule has 7 nitrogen and oxygen atoms in total. The Morgan fingerprint density at radius 1 is 0.970 bits per heavy atom. The highest BCUT2D eigenvalue weighted by atomic mass is 16.5. The van der Waals surface area contributed by atoms with Crippen LogP contribution in [-0.2, 0) is 4.74 Å². The van der Waals surface area contributed by atoms with Crippen molar-refractivity contribution in [2.24, 2.45) is 0 Å². The zero-order chi connectivity index (χ0) is 23.4. The molecular formula is C26H22N2O5. The van der Waals surface area contributed by atoms with Crippen molar-refractivity contribution in [3.05, 3.63) is 87.2 Å². The minimum atomic E-state index is -0.821. The average molecular weight is 442 g/mol. The Balaban J connectivity index is 1.38. The molecule has 0 aliphatic heterocycles. The van der Waals surface area contributed by atoms with Crippen molar-refractivity contribution >= 4 is 29.0 Å². The number of nitrogens with zero attached hydrogens (tertiary/aromatic N) is 1. The lowest BCUT2D eigenvalue weighted by atomic mass is 9.82. The number of nitrogen functional groups attached to an aromatic ring is 1. The predicted octanol–water partition coefficient (Wildman–Crippen LogP) is 3.84. The van der Waals surface area contributed by atoms with E-state index < -0.39 is 18.4 Å². The van der Waals surface area contributed by atoms with Gasteiger partial charge in [-0.05, 0) is 44.9 Å². The Labute approximate surface area is 190 Å². The van der Waals surface area contributed by atoms with Gasteiger partial charge >= 0.3 is 5.97 Å². The standard InChI is InChI=1S/C26H22N2O5/c1-13-11-20(14(2)28(13)15-7-8-15)21(29)12-33-26(32)19-10-9-18-22(23(19)27)25(31)17-6-4-3-5-16(17)24(18)30/h3-6,9-11,15H,7-8,12,27H2,1-2H3. The number of anilines is 1. The highest BCUT2D eigenvalue weighted by Crippen LogP contribution is 2.38. The zero-order valence-electron chi connectivity index (χ0n) is 18.3. The van der Waals surface area contributed by atoms with E-state index >= 15 is 0 Å². The third-order valence-corrected chi connectivity index (χ3v) is 6.38. The lowest BCUT2D eigenvalue weighted by molar-refractivity contribution is 0.0475. The highest BCUT2D eigenvalue weighted by Gasteiger charge is 2.33. The van der Waals surface area contributed by atoms with E-state index in [-0.39, 0.29) is 39.5 Å². The fourth-order valence-corrected chi connectivity index (χ4v) is 4.63. The Kier molecular flexibility index (Phi) is 4.78. The summed E-state index contributed by atoms with van der Waals surface area (Å²) in [5.41, 5.74) is 9.08. The number of carbonyl (C=O) groups is 4. The van der Waals surface area contributed by atoms with E-state index in [1.54, 1.807) is 24.3 Å². The molecule has 166 valence electrons. The fourth-order valence-electron chi connectivity index (χ4n) is 4.63. The van der Waals surface area contributed by atoms with E-state index in [0.29, 0.717) is 17.2 Å². The molecule has 2 aromatic carbocycles. The van der Waals surface area contributed by atoms with Crippen molar-refractivity contribution in [3.63, 3.8) is 0 Å². The number of Topliss-reactive ketones (excluding diaryl/α,β-unsaturated/α-hetero) is 1. The van der Waals surface area contributed by atoms with Crippen LogP contribution in [0.5, 0.6) is 0 Å². The van der Waals surface area contributed by atoms with Gasteiger partial charge in [0, 0.05) is 39.7 Å². The molecule has 0 atom stereocenters. The molecule has 1 saturated carbocycles. The number of ketones is 3. The lowest BCUT2D eigenvalue weighted by Gasteiger charge is -2.20. The summed E-state index contributed by atoms with van der Waals surface area (Å²) in [7, 11) is 0. The molecule has 0 bridgehead atoms. The summed E-state index contributed by atoms with van der Waals surface area (Å²) in [4.78, 5) is 51.3. The molecule has 3 aromatic rings. The van der Waals surface area contributed by atoms with Gasteiger partial charge in [-0.3, -0.25) is 14.4 Å². The van der Waals surface area contributed by atoms with E-state index in [1.165, 1.54) is 12.1 Å². The first-order valence-electron chi connectivity index (χ1n) is 10.8. The van der Waals surface area contributed by atoms with Crippen molar-refractivity contribution in [1.29, 1.82) is 0 Å². The molecule has 7 heteroatoms. The Hall–Kier alpha value is -4.00. The van der Waals surface area contributed by atoms with Crippen LogP contribution in [-0.4, -0.2) is 34.5 Å². The van der Waals surface area contributed by atoms with Crippen molar-refractivity contribution in [1.82, 2.24) is 4.57 Å². The van der Waals surface area contributed by atoms with Gasteiger partial charge in [0.2, 0.25) is 5.78 Å². The van der Waals surface area contributed by atoms with Gasteiger partial charge in [-0.25, -0.2) is 4.79 Å². The van der Waals surface area contributed by atoms with Crippen molar-refractivity contribution in [2.45, 2.75) is 32.7 Å². The van der Waals surface area contributed by atoms with Gasteiger partial charge in [0.25, 0.3) is 0 Å². The van der Waals surface area contributed by atoms with Crippen LogP contribution in [0.2, 0.25) is 0 Å². The maximum Gasteiger partial charge on any atom is 0.340 e. The SMILES string of the molecule is Cc1cc(C(=O)COC(=O)c2ccc3c(c2N)C(=O)c2ccccc2C3=O)c(C)n1C1CC1. The van der Waals surface area contributed by atoms with Crippen LogP contribution in [0.4, 0.5) is 5.69 Å². The number of ether oxygens (including phenoxy) is 1. The van der Waals surface area contributed by atoms with Crippen LogP contribution >= 0.6 is 0 Å². The molecule has 2 aliphatic carbocycles. The second-order valence-corrected chi connectivity index (χ2v) is 8.54. The number of esters is 1. The summed E-state index contributed by atoms with van der Waals surface area (Å²) in [6, 6.07) is 11.5. The van der Waals surface area contributed by atoms with Gasteiger partial charge in [-0.15, -0.1) is 0 Å². The number of aryl methyl sites for hydroxylation is 1. The Morgan fingerprint density at radius 3 is 2.30 bits per heavy atom. The monoisotopic (exact) mass is 442 g/mol. The Morgan fingerprint density at radius 2 is 1.64 bits per heavy atom. The molecule has 0 saturated heterocycles. The highest BCUT2D eigenvalue weighted by molar-refractivity contribution is 6.30. The number of carbonyl (C=O) groups excluding carboxylic acids is 4. The van der Waals surface area contributed by atoms with E-state index in [9.17, 15) is 19.2 Å². The largest absolute Gasteiger partial charge is 0.454 e. The van der Waals surface area contributed by atoms with Gasteiger partial charge in [-0.2, -0.15) is 0 Å². The molecule has 0 radical (unpaired) electrons. The van der Waals surface area contributed by atoms with Gasteiger partial charge in [0.05, 0.1) is 16.8 Å². The van der Waals surface area contributed by atoms with Gasteiger partial charge in [0.15, 0.2) is 18.2 Å². The maximum absolute atomic E-state index is 13.0. The summed E-state index contributed by atoms with van der Waals surface area (Å²) in [6.07, 6.45) is 2.20. The first kappa shape index (κ1) is 20.9. The number of nitrogens with two attached hydrogens (primary N) is 1. The minimum Gasteiger partial charge on any atom is -0.454 e. The van der Waals surface area contributed by atoms with Gasteiger partial charge in [0.1, 0.15) is 0 Å². The maximum atomic E-state index is 13.0. The molecule has 0 amide bonds. The number of hydrogen-bond donors (Lipinski definition) is 1. The molecular weight excluding hydrogens is 420 g/mol. The molecule has 0 unspecified atom stereocenters. The topological polar surface area (TPSA) is 108 Å². The fraction of sp³-hybridized carbons (Fsp3) is 0.231.